The minimum Gasteiger partial charge on any atom is -0.0804 e. The van der Waals surface area contributed by atoms with E-state index in [4.69, 9.17) is 58.0 Å². The Hall–Kier alpha value is 0.500. The molecule has 0 unspecified atom stereocenters. The minimum atomic E-state index is -0.111. The largest absolute Gasteiger partial charge is 0.127 e. The lowest BCUT2D eigenvalue weighted by Crippen LogP contribution is -1.82. The van der Waals surface area contributed by atoms with E-state index in [-0.39, 0.29) is 14.6 Å². The van der Waals surface area contributed by atoms with E-state index in [0.29, 0.717) is 4.36 Å². The zero-order chi connectivity index (χ0) is 13.9. The van der Waals surface area contributed by atoms with Gasteiger partial charge in [0, 0.05) is 4.90 Å². The number of allylic oxidation sites excluding steroid dienone is 2. The second kappa shape index (κ2) is 7.33. The summed E-state index contributed by atoms with van der Waals surface area (Å²) >= 11 is 30.2. The predicted molar refractivity (Wildman–Crippen MR) is 85.1 cm³/mol. The van der Waals surface area contributed by atoms with Gasteiger partial charge in [0.1, 0.15) is 4.49 Å². The van der Waals surface area contributed by atoms with E-state index in [1.165, 1.54) is 22.9 Å². The van der Waals surface area contributed by atoms with Gasteiger partial charge in [0.15, 0.2) is 0 Å². The van der Waals surface area contributed by atoms with E-state index in [1.807, 2.05) is 32.0 Å². The van der Waals surface area contributed by atoms with Gasteiger partial charge in [-0.15, -0.1) is 0 Å². The molecule has 0 bridgehead atoms. The Balaban J connectivity index is 3.00. The van der Waals surface area contributed by atoms with Gasteiger partial charge in [-0.05, 0) is 37.1 Å². The molecule has 0 N–H and O–H groups in total. The van der Waals surface area contributed by atoms with Crippen molar-refractivity contribution in [2.24, 2.45) is 0 Å². The van der Waals surface area contributed by atoms with Gasteiger partial charge in [-0.3, -0.25) is 0 Å². The van der Waals surface area contributed by atoms with E-state index in [9.17, 15) is 0 Å². The Morgan fingerprint density at radius 2 is 1.50 bits per heavy atom. The maximum atomic E-state index is 6.07. The monoisotopic (exact) mass is 360 g/mol. The first-order valence-corrected chi connectivity index (χ1v) is 7.55. The van der Waals surface area contributed by atoms with Crippen LogP contribution in [0.5, 0.6) is 0 Å². The van der Waals surface area contributed by atoms with E-state index in [2.05, 4.69) is 0 Å². The van der Waals surface area contributed by atoms with Crippen LogP contribution in [-0.2, 0) is 0 Å². The first-order valence-electron chi connectivity index (χ1n) is 4.84. The lowest BCUT2D eigenvalue weighted by molar-refractivity contribution is 1.28. The van der Waals surface area contributed by atoms with Crippen LogP contribution in [0, 0.1) is 13.8 Å². The highest BCUT2D eigenvalue weighted by Gasteiger charge is 2.11. The van der Waals surface area contributed by atoms with Gasteiger partial charge in [0.25, 0.3) is 0 Å². The molecule has 0 saturated carbocycles. The Morgan fingerprint density at radius 1 is 0.889 bits per heavy atom. The summed E-state index contributed by atoms with van der Waals surface area (Å²) in [5.74, 6) is 0. The molecule has 18 heavy (non-hydrogen) atoms. The number of halogens is 5. The molecule has 0 nitrogen and oxygen atoms in total. The normalized spacial score (nSPS) is 12.2. The molecule has 0 aliphatic heterocycles. The maximum Gasteiger partial charge on any atom is 0.127 e. The molecule has 0 saturated heterocycles. The van der Waals surface area contributed by atoms with Crippen molar-refractivity contribution in [2.45, 2.75) is 18.7 Å². The molecule has 0 amide bonds. The van der Waals surface area contributed by atoms with Crippen molar-refractivity contribution < 1.29 is 0 Å². The van der Waals surface area contributed by atoms with Crippen molar-refractivity contribution in [1.82, 2.24) is 0 Å². The quantitative estimate of drug-likeness (QED) is 0.415. The fourth-order valence-electron chi connectivity index (χ4n) is 1.09. The fraction of sp³-hybridized carbons (Fsp3) is 0.167. The zero-order valence-corrected chi connectivity index (χ0v) is 14.1. The van der Waals surface area contributed by atoms with E-state index in [1.54, 1.807) is 0 Å². The summed E-state index contributed by atoms with van der Waals surface area (Å²) in [7, 11) is 0. The van der Waals surface area contributed by atoms with Gasteiger partial charge in [-0.1, -0.05) is 75.8 Å². The maximum absolute atomic E-state index is 6.07. The van der Waals surface area contributed by atoms with E-state index >= 15 is 0 Å². The number of benzene rings is 1. The third-order valence-electron chi connectivity index (χ3n) is 2.22. The average Bonchev–Trinajstić information content (AvgIpc) is 2.31. The molecular weight excluding hydrogens is 353 g/mol. The molecule has 0 radical (unpaired) electrons. The summed E-state index contributed by atoms with van der Waals surface area (Å²) in [5, 5.41) is 0.183. The summed E-state index contributed by atoms with van der Waals surface area (Å²) in [6, 6.07) is 5.99. The molecule has 1 aromatic carbocycles. The molecule has 1 rings (SSSR count). The van der Waals surface area contributed by atoms with Gasteiger partial charge in [-0.25, -0.2) is 0 Å². The molecule has 0 aliphatic rings. The molecule has 0 aliphatic carbocycles. The Bertz CT molecular complexity index is 515. The first-order chi connectivity index (χ1) is 8.32. The SMILES string of the molecule is Cc1ccc(SC(Cl)=C(Cl)C(Cl)=C(Cl)Cl)cc1C. The van der Waals surface area contributed by atoms with Crippen LogP contribution < -0.4 is 0 Å². The highest BCUT2D eigenvalue weighted by molar-refractivity contribution is 8.04. The molecule has 0 aromatic heterocycles. The van der Waals surface area contributed by atoms with Crippen LogP contribution in [0.1, 0.15) is 11.1 Å². The highest BCUT2D eigenvalue weighted by Crippen LogP contribution is 2.39. The summed E-state index contributed by atoms with van der Waals surface area (Å²) in [5.41, 5.74) is 2.39. The van der Waals surface area contributed by atoms with Crippen LogP contribution >= 0.6 is 69.8 Å². The van der Waals surface area contributed by atoms with E-state index < -0.39 is 0 Å². The van der Waals surface area contributed by atoms with Gasteiger partial charge in [0.2, 0.25) is 0 Å². The standard InChI is InChI=1S/C12H9Cl5S/c1-6-3-4-8(5-7(6)2)18-12(17)10(14)9(13)11(15)16/h3-5H,1-2H3. The number of hydrogen-bond donors (Lipinski definition) is 0. The number of thioether (sulfide) groups is 1. The van der Waals surface area contributed by atoms with Crippen molar-refractivity contribution in [3.8, 4) is 0 Å². The van der Waals surface area contributed by atoms with E-state index in [0.717, 1.165) is 4.90 Å². The van der Waals surface area contributed by atoms with Gasteiger partial charge < -0.3 is 0 Å². The second-order valence-corrected chi connectivity index (χ2v) is 6.90. The molecule has 1 aromatic rings. The lowest BCUT2D eigenvalue weighted by atomic mass is 10.1. The number of rotatable bonds is 3. The Kier molecular flexibility index (Phi) is 6.74. The molecule has 0 fully saturated rings. The highest BCUT2D eigenvalue weighted by atomic mass is 35.5. The Morgan fingerprint density at radius 3 is 2.00 bits per heavy atom. The van der Waals surface area contributed by atoms with Crippen LogP contribution in [0.15, 0.2) is 42.0 Å². The summed E-state index contributed by atoms with van der Waals surface area (Å²) in [6.07, 6.45) is 0. The summed E-state index contributed by atoms with van der Waals surface area (Å²) in [6.45, 7) is 4.07. The lowest BCUT2D eigenvalue weighted by Gasteiger charge is -2.06. The number of aryl methyl sites for hydroxylation is 2. The predicted octanol–water partition coefficient (Wildman–Crippen LogP) is 6.93. The van der Waals surface area contributed by atoms with Crippen molar-refractivity contribution >= 4 is 69.8 Å². The molecular formula is C12H9Cl5S. The van der Waals surface area contributed by atoms with Crippen molar-refractivity contribution in [1.29, 1.82) is 0 Å². The molecule has 6 heteroatoms. The average molecular weight is 363 g/mol. The molecule has 0 spiro atoms. The summed E-state index contributed by atoms with van der Waals surface area (Å²) < 4.78 is 0.212. The van der Waals surface area contributed by atoms with Crippen molar-refractivity contribution in [3.63, 3.8) is 0 Å². The first kappa shape index (κ1) is 16.6. The van der Waals surface area contributed by atoms with Crippen LogP contribution in [0.2, 0.25) is 0 Å². The number of hydrogen-bond acceptors (Lipinski definition) is 1. The van der Waals surface area contributed by atoms with Gasteiger partial charge in [0.05, 0.1) is 14.4 Å². The minimum absolute atomic E-state index is 0.0429. The van der Waals surface area contributed by atoms with Crippen LogP contribution in [0.3, 0.4) is 0 Å². The van der Waals surface area contributed by atoms with Gasteiger partial charge >= 0.3 is 0 Å². The van der Waals surface area contributed by atoms with Gasteiger partial charge in [-0.2, -0.15) is 0 Å². The smallest absolute Gasteiger partial charge is 0.0804 e. The fourth-order valence-corrected chi connectivity index (χ4v) is 2.92. The van der Waals surface area contributed by atoms with Crippen molar-refractivity contribution in [3.05, 3.63) is 48.2 Å². The zero-order valence-electron chi connectivity index (χ0n) is 9.53. The molecule has 0 heterocycles. The third-order valence-corrected chi connectivity index (χ3v) is 5.14. The van der Waals surface area contributed by atoms with Crippen LogP contribution in [0.4, 0.5) is 0 Å². The second-order valence-electron chi connectivity index (χ2n) is 3.51. The summed E-state index contributed by atoms with van der Waals surface area (Å²) in [4.78, 5) is 0.969. The molecule has 0 atom stereocenters. The van der Waals surface area contributed by atoms with Crippen LogP contribution in [0.25, 0.3) is 0 Å². The Labute approximate surface area is 136 Å². The topological polar surface area (TPSA) is 0 Å². The third kappa shape index (κ3) is 4.56. The van der Waals surface area contributed by atoms with Crippen LogP contribution in [-0.4, -0.2) is 0 Å². The van der Waals surface area contributed by atoms with Crippen molar-refractivity contribution in [2.75, 3.05) is 0 Å². The molecule has 98 valence electrons.